The minimum absolute atomic E-state index is 0.00280. The Morgan fingerprint density at radius 3 is 2.75 bits per heavy atom. The Kier molecular flexibility index (Phi) is 3.28. The number of rotatable bonds is 3. The van der Waals surface area contributed by atoms with Crippen molar-refractivity contribution < 1.29 is 9.90 Å². The molecule has 3 nitrogen and oxygen atoms in total. The molecule has 0 saturated heterocycles. The Hall–Kier alpha value is -0.520. The average Bonchev–Trinajstić information content (AvgIpc) is 2.98. The summed E-state index contributed by atoms with van der Waals surface area (Å²) in [5, 5.41) is 12.0. The van der Waals surface area contributed by atoms with Crippen LogP contribution in [0.4, 0.5) is 0 Å². The van der Waals surface area contributed by atoms with Crippen molar-refractivity contribution in [3.8, 4) is 0 Å². The summed E-state index contributed by atoms with van der Waals surface area (Å²) < 4.78 is 0.886. The fraction of sp³-hybridized carbons (Fsp3) is 0.364. The summed E-state index contributed by atoms with van der Waals surface area (Å²) in [7, 11) is 0. The number of halogens is 1. The normalized spacial score (nSPS) is 16.9. The molecule has 0 atom stereocenters. The van der Waals surface area contributed by atoms with Gasteiger partial charge in [-0.3, -0.25) is 4.79 Å². The van der Waals surface area contributed by atoms with Crippen LogP contribution in [0.1, 0.15) is 23.2 Å². The van der Waals surface area contributed by atoms with E-state index in [2.05, 4.69) is 33.9 Å². The Labute approximate surface area is 108 Å². The molecule has 0 spiro atoms. The molecular weight excluding hydrogens is 290 g/mol. The predicted molar refractivity (Wildman–Crippen MR) is 67.9 cm³/mol. The molecule has 1 aliphatic carbocycles. The van der Waals surface area contributed by atoms with Crippen LogP contribution >= 0.6 is 28.6 Å². The van der Waals surface area contributed by atoms with Crippen molar-refractivity contribution in [1.82, 2.24) is 5.32 Å². The van der Waals surface area contributed by atoms with Crippen LogP contribution in [-0.4, -0.2) is 23.2 Å². The largest absolute Gasteiger partial charge is 0.394 e. The highest BCUT2D eigenvalue weighted by atomic mass is 79.9. The van der Waals surface area contributed by atoms with Crippen LogP contribution in [0.2, 0.25) is 0 Å². The first-order valence-corrected chi connectivity index (χ1v) is 6.22. The number of thiol groups is 1. The molecule has 1 fully saturated rings. The van der Waals surface area contributed by atoms with Gasteiger partial charge in [-0.15, -0.1) is 12.6 Å². The number of hydrogen-bond donors (Lipinski definition) is 3. The topological polar surface area (TPSA) is 49.3 Å². The molecule has 16 heavy (non-hydrogen) atoms. The van der Waals surface area contributed by atoms with E-state index in [1.807, 2.05) is 0 Å². The molecule has 5 heteroatoms. The summed E-state index contributed by atoms with van der Waals surface area (Å²) in [5.74, 6) is -0.177. The summed E-state index contributed by atoms with van der Waals surface area (Å²) in [4.78, 5) is 12.5. The van der Waals surface area contributed by atoms with Crippen LogP contribution < -0.4 is 5.32 Å². The van der Waals surface area contributed by atoms with Gasteiger partial charge in [0.25, 0.3) is 5.91 Å². The number of carbonyl (C=O) groups excluding carboxylic acids is 1. The molecule has 1 aromatic rings. The number of carbonyl (C=O) groups is 1. The SMILES string of the molecule is O=C(NC1(CO)CC1)c1ccc(Br)cc1S. The van der Waals surface area contributed by atoms with Crippen LogP contribution in [0.15, 0.2) is 27.6 Å². The van der Waals surface area contributed by atoms with E-state index < -0.39 is 0 Å². The lowest BCUT2D eigenvalue weighted by molar-refractivity contribution is 0.0904. The van der Waals surface area contributed by atoms with Crippen molar-refractivity contribution in [2.45, 2.75) is 23.3 Å². The molecule has 1 saturated carbocycles. The van der Waals surface area contributed by atoms with Gasteiger partial charge in [-0.25, -0.2) is 0 Å². The zero-order valence-electron chi connectivity index (χ0n) is 8.53. The van der Waals surface area contributed by atoms with Gasteiger partial charge in [0, 0.05) is 9.37 Å². The molecule has 2 rings (SSSR count). The van der Waals surface area contributed by atoms with Crippen LogP contribution in [0, 0.1) is 0 Å². The van der Waals surface area contributed by atoms with E-state index >= 15 is 0 Å². The average molecular weight is 302 g/mol. The van der Waals surface area contributed by atoms with Crippen LogP contribution in [0.25, 0.3) is 0 Å². The number of benzene rings is 1. The molecule has 0 unspecified atom stereocenters. The van der Waals surface area contributed by atoms with E-state index in [1.54, 1.807) is 18.2 Å². The van der Waals surface area contributed by atoms with E-state index in [1.165, 1.54) is 0 Å². The molecule has 86 valence electrons. The minimum atomic E-state index is -0.385. The highest BCUT2D eigenvalue weighted by molar-refractivity contribution is 9.10. The molecule has 0 aromatic heterocycles. The molecule has 2 N–H and O–H groups in total. The molecule has 0 aliphatic heterocycles. The van der Waals surface area contributed by atoms with E-state index in [9.17, 15) is 4.79 Å². The fourth-order valence-electron chi connectivity index (χ4n) is 1.48. The number of aliphatic hydroxyl groups is 1. The lowest BCUT2D eigenvalue weighted by Gasteiger charge is -2.15. The first kappa shape index (κ1) is 12.0. The van der Waals surface area contributed by atoms with Gasteiger partial charge in [0.1, 0.15) is 0 Å². The second kappa shape index (κ2) is 4.39. The van der Waals surface area contributed by atoms with Crippen molar-refractivity contribution in [2.75, 3.05) is 6.61 Å². The third kappa shape index (κ3) is 2.42. The summed E-state index contributed by atoms with van der Waals surface area (Å²) in [6.45, 7) is -0.00280. The maximum absolute atomic E-state index is 11.9. The summed E-state index contributed by atoms with van der Waals surface area (Å²) in [6.07, 6.45) is 1.68. The van der Waals surface area contributed by atoms with E-state index in [0.29, 0.717) is 10.5 Å². The predicted octanol–water partition coefficient (Wildman–Crippen LogP) is 1.99. The number of amides is 1. The molecular formula is C11H12BrNO2S. The van der Waals surface area contributed by atoms with E-state index in [4.69, 9.17) is 5.11 Å². The minimum Gasteiger partial charge on any atom is -0.394 e. The Balaban J connectivity index is 2.15. The van der Waals surface area contributed by atoms with E-state index in [-0.39, 0.29) is 18.1 Å². The lowest BCUT2D eigenvalue weighted by Crippen LogP contribution is -2.39. The Bertz CT molecular complexity index is 432. The van der Waals surface area contributed by atoms with Gasteiger partial charge in [0.2, 0.25) is 0 Å². The molecule has 1 amide bonds. The highest BCUT2D eigenvalue weighted by Gasteiger charge is 2.43. The summed E-state index contributed by atoms with van der Waals surface area (Å²) >= 11 is 7.57. The van der Waals surface area contributed by atoms with Crippen molar-refractivity contribution in [1.29, 1.82) is 0 Å². The maximum atomic E-state index is 11.9. The number of hydrogen-bond acceptors (Lipinski definition) is 3. The van der Waals surface area contributed by atoms with Gasteiger partial charge in [-0.2, -0.15) is 0 Å². The van der Waals surface area contributed by atoms with Crippen molar-refractivity contribution >= 4 is 34.5 Å². The summed E-state index contributed by atoms with van der Waals surface area (Å²) in [6, 6.07) is 5.29. The van der Waals surface area contributed by atoms with Gasteiger partial charge < -0.3 is 10.4 Å². The first-order chi connectivity index (χ1) is 7.56. The van der Waals surface area contributed by atoms with Crippen molar-refractivity contribution in [2.24, 2.45) is 0 Å². The van der Waals surface area contributed by atoms with Crippen molar-refractivity contribution in [3.05, 3.63) is 28.2 Å². The zero-order valence-corrected chi connectivity index (χ0v) is 11.0. The van der Waals surface area contributed by atoms with Crippen molar-refractivity contribution in [3.63, 3.8) is 0 Å². The van der Waals surface area contributed by atoms with Gasteiger partial charge >= 0.3 is 0 Å². The summed E-state index contributed by atoms with van der Waals surface area (Å²) in [5.41, 5.74) is 0.149. The smallest absolute Gasteiger partial charge is 0.252 e. The number of nitrogens with one attached hydrogen (secondary N) is 1. The second-order valence-corrected chi connectivity index (χ2v) is 5.45. The van der Waals surface area contributed by atoms with Gasteiger partial charge in [0.05, 0.1) is 17.7 Å². The van der Waals surface area contributed by atoms with Crippen LogP contribution in [-0.2, 0) is 0 Å². The third-order valence-corrected chi connectivity index (χ3v) is 3.60. The number of aliphatic hydroxyl groups excluding tert-OH is 1. The molecule has 0 radical (unpaired) electrons. The maximum Gasteiger partial charge on any atom is 0.252 e. The van der Waals surface area contributed by atoms with Gasteiger partial charge in [-0.1, -0.05) is 15.9 Å². The Morgan fingerprint density at radius 1 is 1.56 bits per heavy atom. The third-order valence-electron chi connectivity index (χ3n) is 2.74. The molecule has 0 heterocycles. The fourth-order valence-corrected chi connectivity index (χ4v) is 2.33. The highest BCUT2D eigenvalue weighted by Crippen LogP contribution is 2.35. The van der Waals surface area contributed by atoms with Crippen LogP contribution in [0.3, 0.4) is 0 Å². The molecule has 0 bridgehead atoms. The van der Waals surface area contributed by atoms with Gasteiger partial charge in [0.15, 0.2) is 0 Å². The molecule has 1 aliphatic rings. The zero-order chi connectivity index (χ0) is 11.8. The monoisotopic (exact) mass is 301 g/mol. The lowest BCUT2D eigenvalue weighted by atomic mass is 10.2. The standard InChI is InChI=1S/C11H12BrNO2S/c12-7-1-2-8(9(16)5-7)10(15)13-11(6-14)3-4-11/h1-2,5,14,16H,3-4,6H2,(H,13,15). The Morgan fingerprint density at radius 2 is 2.25 bits per heavy atom. The molecule has 1 aromatic carbocycles. The second-order valence-electron chi connectivity index (χ2n) is 4.05. The van der Waals surface area contributed by atoms with Crippen LogP contribution in [0.5, 0.6) is 0 Å². The van der Waals surface area contributed by atoms with Gasteiger partial charge in [-0.05, 0) is 31.0 Å². The first-order valence-electron chi connectivity index (χ1n) is 4.98. The quantitative estimate of drug-likeness (QED) is 0.748. The van der Waals surface area contributed by atoms with E-state index in [0.717, 1.165) is 17.3 Å².